The Kier molecular flexibility index (Phi) is 3.80. The minimum Gasteiger partial charge on any atom is -0.438 e. The smallest absolute Gasteiger partial charge is 0.256 e. The highest BCUT2D eigenvalue weighted by atomic mass is 32.1. The lowest BCUT2D eigenvalue weighted by atomic mass is 9.84. The number of aromatic amines is 1. The summed E-state index contributed by atoms with van der Waals surface area (Å²) < 4.78 is 6.30. The summed E-state index contributed by atoms with van der Waals surface area (Å²) in [6.07, 6.45) is 3.17. The quantitative estimate of drug-likeness (QED) is 0.622. The number of hydrogen-bond donors (Lipinski definition) is 3. The molecular weight excluding hydrogens is 364 g/mol. The first kappa shape index (κ1) is 16.6. The first-order chi connectivity index (χ1) is 13.1. The van der Waals surface area contributed by atoms with Gasteiger partial charge in [0.1, 0.15) is 28.3 Å². The monoisotopic (exact) mass is 376 g/mol. The summed E-state index contributed by atoms with van der Waals surface area (Å²) >= 11 is 1.28. The summed E-state index contributed by atoms with van der Waals surface area (Å²) in [6, 6.07) is 7.60. The Hall–Kier alpha value is -3.82. The molecule has 0 saturated carbocycles. The zero-order chi connectivity index (χ0) is 19.1. The van der Waals surface area contributed by atoms with Gasteiger partial charge in [-0.25, -0.2) is 0 Å². The number of rotatable bonds is 2. The van der Waals surface area contributed by atoms with Gasteiger partial charge in [0.05, 0.1) is 21.7 Å². The second-order valence-electron chi connectivity index (χ2n) is 5.77. The van der Waals surface area contributed by atoms with Crippen molar-refractivity contribution >= 4 is 26.6 Å². The second kappa shape index (κ2) is 6.16. The van der Waals surface area contributed by atoms with Gasteiger partial charge in [-0.2, -0.15) is 10.5 Å². The Labute approximate surface area is 157 Å². The normalized spacial score (nSPS) is 15.6. The number of nitriles is 2. The summed E-state index contributed by atoms with van der Waals surface area (Å²) in [5, 5.41) is 22.6. The molecule has 1 aliphatic rings. The molecule has 4 N–H and O–H groups in total. The van der Waals surface area contributed by atoms with Gasteiger partial charge in [0.2, 0.25) is 5.88 Å². The number of allylic oxidation sites excluding steroid dienone is 1. The maximum atomic E-state index is 12.9. The third-order valence-electron chi connectivity index (χ3n) is 4.40. The molecule has 4 rings (SSSR count). The number of nitrogens with one attached hydrogen (secondary N) is 2. The Morgan fingerprint density at radius 3 is 2.70 bits per heavy atom. The van der Waals surface area contributed by atoms with Crippen LogP contribution in [0.2, 0.25) is 0 Å². The first-order valence-corrected chi connectivity index (χ1v) is 8.70. The van der Waals surface area contributed by atoms with Crippen molar-refractivity contribution in [1.29, 1.82) is 10.5 Å². The highest BCUT2D eigenvalue weighted by Gasteiger charge is 2.35. The molecule has 27 heavy (non-hydrogen) atoms. The van der Waals surface area contributed by atoms with E-state index < -0.39 is 11.5 Å². The van der Waals surface area contributed by atoms with Gasteiger partial charge >= 0.3 is 0 Å². The van der Waals surface area contributed by atoms with Crippen LogP contribution >= 0.6 is 11.3 Å². The van der Waals surface area contributed by atoms with Crippen molar-refractivity contribution in [3.8, 4) is 17.9 Å². The van der Waals surface area contributed by atoms with Crippen LogP contribution in [-0.4, -0.2) is 17.0 Å². The van der Waals surface area contributed by atoms with Crippen LogP contribution in [0.1, 0.15) is 22.6 Å². The molecule has 0 spiro atoms. The molecule has 0 saturated heterocycles. The van der Waals surface area contributed by atoms with Crippen LogP contribution in [0.4, 0.5) is 5.00 Å². The number of ether oxygens (including phenoxy) is 1. The Bertz CT molecular complexity index is 1240. The molecule has 3 aromatic heterocycles. The number of hydrogen-bond acceptors (Lipinski definition) is 8. The summed E-state index contributed by atoms with van der Waals surface area (Å²) in [7, 11) is 1.69. The van der Waals surface area contributed by atoms with Gasteiger partial charge in [-0.15, -0.1) is 11.3 Å². The molecule has 0 bridgehead atoms. The van der Waals surface area contributed by atoms with E-state index in [9.17, 15) is 15.3 Å². The van der Waals surface area contributed by atoms with Crippen molar-refractivity contribution in [2.75, 3.05) is 12.4 Å². The average Bonchev–Trinajstić information content (AvgIpc) is 3.05. The van der Waals surface area contributed by atoms with E-state index in [0.29, 0.717) is 26.3 Å². The number of H-pyrrole nitrogens is 1. The second-order valence-corrected chi connectivity index (χ2v) is 6.80. The zero-order valence-electron chi connectivity index (χ0n) is 14.0. The molecule has 1 atom stereocenters. The van der Waals surface area contributed by atoms with Crippen molar-refractivity contribution in [2.24, 2.45) is 5.73 Å². The summed E-state index contributed by atoms with van der Waals surface area (Å²) in [6.45, 7) is 0. The predicted molar refractivity (Wildman–Crippen MR) is 100 cm³/mol. The van der Waals surface area contributed by atoms with E-state index >= 15 is 0 Å². The molecule has 0 aromatic carbocycles. The van der Waals surface area contributed by atoms with E-state index in [1.807, 2.05) is 0 Å². The third-order valence-corrected chi connectivity index (χ3v) is 5.60. The number of aromatic nitrogens is 2. The number of nitrogens with two attached hydrogens (primary N) is 1. The van der Waals surface area contributed by atoms with Gasteiger partial charge in [0, 0.05) is 19.4 Å². The molecular formula is C18H12N6O2S. The van der Waals surface area contributed by atoms with Crippen LogP contribution in [-0.2, 0) is 0 Å². The highest BCUT2D eigenvalue weighted by Crippen LogP contribution is 2.47. The van der Waals surface area contributed by atoms with Crippen LogP contribution in [0.5, 0.6) is 5.75 Å². The predicted octanol–water partition coefficient (Wildman–Crippen LogP) is 2.12. The molecule has 0 fully saturated rings. The fourth-order valence-electron chi connectivity index (χ4n) is 3.22. The molecule has 0 radical (unpaired) electrons. The van der Waals surface area contributed by atoms with E-state index in [1.165, 1.54) is 11.3 Å². The number of anilines is 1. The molecule has 0 aliphatic carbocycles. The minimum absolute atomic E-state index is 0.0587. The van der Waals surface area contributed by atoms with Crippen molar-refractivity contribution in [1.82, 2.24) is 9.97 Å². The van der Waals surface area contributed by atoms with Gasteiger partial charge in [-0.05, 0) is 17.7 Å². The van der Waals surface area contributed by atoms with Gasteiger partial charge < -0.3 is 20.8 Å². The molecule has 0 amide bonds. The van der Waals surface area contributed by atoms with Gasteiger partial charge in [-0.3, -0.25) is 9.78 Å². The summed E-state index contributed by atoms with van der Waals surface area (Å²) in [5.41, 5.74) is 7.44. The van der Waals surface area contributed by atoms with Gasteiger partial charge in [-0.1, -0.05) is 0 Å². The lowest BCUT2D eigenvalue weighted by Gasteiger charge is -2.25. The maximum absolute atomic E-state index is 12.9. The number of fused-ring (bicyclic) bond motifs is 3. The summed E-state index contributed by atoms with van der Waals surface area (Å²) in [5.74, 6) is -0.465. The number of pyridine rings is 2. The van der Waals surface area contributed by atoms with E-state index in [-0.39, 0.29) is 22.8 Å². The van der Waals surface area contributed by atoms with E-state index in [1.54, 1.807) is 31.6 Å². The van der Waals surface area contributed by atoms with Crippen LogP contribution < -0.4 is 21.3 Å². The fraction of sp³-hybridized carbons (Fsp3) is 0.111. The van der Waals surface area contributed by atoms with Gasteiger partial charge in [0.15, 0.2) is 5.75 Å². The van der Waals surface area contributed by atoms with Crippen molar-refractivity contribution in [2.45, 2.75) is 5.92 Å². The first-order valence-electron chi connectivity index (χ1n) is 7.88. The van der Waals surface area contributed by atoms with Crippen molar-refractivity contribution in [3.63, 3.8) is 0 Å². The topological polar surface area (TPSA) is 141 Å². The molecule has 1 aliphatic heterocycles. The molecule has 9 heteroatoms. The molecule has 4 heterocycles. The zero-order valence-corrected chi connectivity index (χ0v) is 14.8. The SMILES string of the molecule is CNc1sc2c3c(c(=O)[nH]c2c1C#N)[C@H](c1ccncc1)C(C#N)=C(N)O3. The largest absolute Gasteiger partial charge is 0.438 e. The lowest BCUT2D eigenvalue weighted by molar-refractivity contribution is 0.397. The van der Waals surface area contributed by atoms with Gasteiger partial charge in [0.25, 0.3) is 5.56 Å². The van der Waals surface area contributed by atoms with Crippen LogP contribution in [0.3, 0.4) is 0 Å². The Morgan fingerprint density at radius 1 is 1.33 bits per heavy atom. The number of nitrogens with zero attached hydrogens (tertiary/aromatic N) is 3. The molecule has 0 unspecified atom stereocenters. The average molecular weight is 376 g/mol. The minimum atomic E-state index is -0.680. The van der Waals surface area contributed by atoms with Crippen molar-refractivity contribution < 1.29 is 4.74 Å². The van der Waals surface area contributed by atoms with E-state index in [0.717, 1.165) is 0 Å². The molecule has 8 nitrogen and oxygen atoms in total. The van der Waals surface area contributed by atoms with E-state index in [4.69, 9.17) is 10.5 Å². The standard InChI is InChI=1S/C18H12N6O2S/c1-22-18-10(7-20)13-15(27-18)14-12(17(25)24-13)11(8-2-4-23-5-3-8)9(6-19)16(21)26-14/h2-5,11,22H,21H2,1H3,(H,24,25)/t11-/m1/s1. The van der Waals surface area contributed by atoms with E-state index in [2.05, 4.69) is 27.4 Å². The molecule has 3 aromatic rings. The Balaban J connectivity index is 2.11. The van der Waals surface area contributed by atoms with Crippen LogP contribution in [0.15, 0.2) is 40.8 Å². The number of thiophene rings is 1. The Morgan fingerprint density at radius 2 is 2.07 bits per heavy atom. The molecule has 132 valence electrons. The maximum Gasteiger partial charge on any atom is 0.256 e. The fourth-order valence-corrected chi connectivity index (χ4v) is 4.28. The van der Waals surface area contributed by atoms with Crippen molar-refractivity contribution in [3.05, 3.63) is 63.0 Å². The lowest BCUT2D eigenvalue weighted by Crippen LogP contribution is -2.27. The van der Waals surface area contributed by atoms with Crippen LogP contribution in [0, 0.1) is 22.7 Å². The highest BCUT2D eigenvalue weighted by molar-refractivity contribution is 7.23. The summed E-state index contributed by atoms with van der Waals surface area (Å²) in [4.78, 5) is 19.7. The third kappa shape index (κ3) is 2.34. The van der Waals surface area contributed by atoms with Crippen LogP contribution in [0.25, 0.3) is 10.2 Å².